The zero-order valence-electron chi connectivity index (χ0n) is 14.3. The van der Waals surface area contributed by atoms with E-state index in [-0.39, 0.29) is 17.2 Å². The fraction of sp³-hybridized carbons (Fsp3) is 0.632. The Labute approximate surface area is 134 Å². The lowest BCUT2D eigenvalue weighted by Crippen LogP contribution is -2.45. The first-order chi connectivity index (χ1) is 10.5. The average Bonchev–Trinajstić information content (AvgIpc) is 2.46. The Morgan fingerprint density at radius 2 is 2.09 bits per heavy atom. The first kappa shape index (κ1) is 16.9. The van der Waals surface area contributed by atoms with Crippen molar-refractivity contribution in [2.75, 3.05) is 13.7 Å². The van der Waals surface area contributed by atoms with Crippen molar-refractivity contribution < 1.29 is 9.53 Å². The van der Waals surface area contributed by atoms with Crippen LogP contribution in [-0.4, -0.2) is 19.6 Å². The van der Waals surface area contributed by atoms with Gasteiger partial charge in [-0.3, -0.25) is 4.79 Å². The molecule has 0 saturated heterocycles. The van der Waals surface area contributed by atoms with E-state index in [1.165, 1.54) is 6.42 Å². The summed E-state index contributed by atoms with van der Waals surface area (Å²) in [7, 11) is 1.68. The lowest BCUT2D eigenvalue weighted by molar-refractivity contribution is -0.132. The van der Waals surface area contributed by atoms with Gasteiger partial charge >= 0.3 is 0 Å². The summed E-state index contributed by atoms with van der Waals surface area (Å²) in [6.07, 6.45) is 4.34. The normalized spacial score (nSPS) is 23.8. The molecule has 1 saturated carbocycles. The maximum Gasteiger partial charge on any atom is 0.223 e. The Hall–Kier alpha value is -1.51. The van der Waals surface area contributed by atoms with Crippen LogP contribution in [0.5, 0.6) is 5.75 Å². The van der Waals surface area contributed by atoms with Gasteiger partial charge in [0, 0.05) is 12.5 Å². The molecule has 0 radical (unpaired) electrons. The van der Waals surface area contributed by atoms with Crippen LogP contribution in [0.25, 0.3) is 0 Å². The van der Waals surface area contributed by atoms with Gasteiger partial charge in [0.05, 0.1) is 7.11 Å². The summed E-state index contributed by atoms with van der Waals surface area (Å²) in [5, 5.41) is 3.14. The molecule has 3 nitrogen and oxygen atoms in total. The number of hydrogen-bond donors (Lipinski definition) is 1. The molecule has 2 unspecified atom stereocenters. The summed E-state index contributed by atoms with van der Waals surface area (Å²) in [6, 6.07) is 7.99. The van der Waals surface area contributed by atoms with E-state index in [4.69, 9.17) is 4.74 Å². The average molecular weight is 303 g/mol. The highest BCUT2D eigenvalue weighted by molar-refractivity contribution is 5.79. The molecule has 3 heteroatoms. The lowest BCUT2D eigenvalue weighted by Gasteiger charge is -2.41. The molecule has 1 aromatic carbocycles. The number of methoxy groups -OCH3 is 1. The molecule has 0 aromatic heterocycles. The molecule has 0 spiro atoms. The van der Waals surface area contributed by atoms with Crippen molar-refractivity contribution in [3.05, 3.63) is 29.8 Å². The summed E-state index contributed by atoms with van der Waals surface area (Å²) < 4.78 is 5.36. The van der Waals surface area contributed by atoms with Gasteiger partial charge in [0.15, 0.2) is 0 Å². The molecule has 0 heterocycles. The van der Waals surface area contributed by atoms with Gasteiger partial charge in [-0.1, -0.05) is 45.4 Å². The van der Waals surface area contributed by atoms with Crippen LogP contribution in [0.3, 0.4) is 0 Å². The van der Waals surface area contributed by atoms with E-state index in [1.54, 1.807) is 7.11 Å². The van der Waals surface area contributed by atoms with Crippen LogP contribution >= 0.6 is 0 Å². The predicted octanol–water partition coefficient (Wildman–Crippen LogP) is 3.82. The topological polar surface area (TPSA) is 38.3 Å². The molecule has 1 amide bonds. The Bertz CT molecular complexity index is 510. The van der Waals surface area contributed by atoms with E-state index >= 15 is 0 Å². The highest BCUT2D eigenvalue weighted by atomic mass is 16.5. The van der Waals surface area contributed by atoms with Gasteiger partial charge in [-0.15, -0.1) is 0 Å². The number of nitrogens with one attached hydrogen (secondary N) is 1. The minimum atomic E-state index is 0.103. The first-order valence-corrected chi connectivity index (χ1v) is 8.35. The summed E-state index contributed by atoms with van der Waals surface area (Å²) >= 11 is 0. The standard InChI is InChI=1S/C19H29NO2/c1-14-8-7-12-19(2,3)17(14)18(21)20-13-11-15-9-5-6-10-16(15)22-4/h5-6,9-10,14,17H,7-8,11-13H2,1-4H3,(H,20,21). The Morgan fingerprint density at radius 1 is 1.36 bits per heavy atom. The first-order valence-electron chi connectivity index (χ1n) is 8.35. The van der Waals surface area contributed by atoms with E-state index in [2.05, 4.69) is 32.2 Å². The lowest BCUT2D eigenvalue weighted by atomic mass is 9.64. The maximum atomic E-state index is 12.6. The van der Waals surface area contributed by atoms with E-state index in [0.717, 1.165) is 30.6 Å². The molecule has 1 aliphatic rings. The van der Waals surface area contributed by atoms with Crippen molar-refractivity contribution in [1.82, 2.24) is 5.32 Å². The molecule has 1 aliphatic carbocycles. The van der Waals surface area contributed by atoms with Crippen LogP contribution < -0.4 is 10.1 Å². The van der Waals surface area contributed by atoms with E-state index < -0.39 is 0 Å². The molecule has 122 valence electrons. The van der Waals surface area contributed by atoms with Crippen molar-refractivity contribution >= 4 is 5.91 Å². The van der Waals surface area contributed by atoms with Crippen LogP contribution in [0.1, 0.15) is 45.6 Å². The largest absolute Gasteiger partial charge is 0.496 e. The molecule has 1 fully saturated rings. The Kier molecular flexibility index (Phi) is 5.49. The Morgan fingerprint density at radius 3 is 2.77 bits per heavy atom. The fourth-order valence-electron chi connectivity index (χ4n) is 3.93. The van der Waals surface area contributed by atoms with Crippen LogP contribution in [0.4, 0.5) is 0 Å². The third kappa shape index (κ3) is 3.82. The van der Waals surface area contributed by atoms with Crippen LogP contribution in [0, 0.1) is 17.3 Å². The van der Waals surface area contributed by atoms with Gasteiger partial charge in [-0.25, -0.2) is 0 Å². The second-order valence-electron chi connectivity index (χ2n) is 7.19. The fourth-order valence-corrected chi connectivity index (χ4v) is 3.93. The zero-order valence-corrected chi connectivity index (χ0v) is 14.3. The van der Waals surface area contributed by atoms with Crippen LogP contribution in [0.15, 0.2) is 24.3 Å². The summed E-state index contributed by atoms with van der Waals surface area (Å²) in [5.41, 5.74) is 1.24. The molecular formula is C19H29NO2. The monoisotopic (exact) mass is 303 g/mol. The third-order valence-electron chi connectivity index (χ3n) is 5.06. The minimum Gasteiger partial charge on any atom is -0.496 e. The van der Waals surface area contributed by atoms with Crippen LogP contribution in [0.2, 0.25) is 0 Å². The molecule has 2 atom stereocenters. The zero-order chi connectivity index (χ0) is 16.2. The number of carbonyl (C=O) groups excluding carboxylic acids is 1. The summed E-state index contributed by atoms with van der Waals surface area (Å²) in [4.78, 5) is 12.6. The van der Waals surface area contributed by atoms with Gasteiger partial charge in [0.1, 0.15) is 5.75 Å². The van der Waals surface area contributed by atoms with E-state index in [1.807, 2.05) is 18.2 Å². The third-order valence-corrected chi connectivity index (χ3v) is 5.06. The quantitative estimate of drug-likeness (QED) is 0.898. The van der Waals surface area contributed by atoms with Crippen LogP contribution in [-0.2, 0) is 11.2 Å². The highest BCUT2D eigenvalue weighted by Gasteiger charge is 2.41. The van der Waals surface area contributed by atoms with E-state index in [0.29, 0.717) is 12.5 Å². The molecule has 0 bridgehead atoms. The number of para-hydroxylation sites is 1. The summed E-state index contributed by atoms with van der Waals surface area (Å²) in [6.45, 7) is 7.34. The molecule has 1 N–H and O–H groups in total. The number of rotatable bonds is 5. The number of hydrogen-bond acceptors (Lipinski definition) is 2. The van der Waals surface area contributed by atoms with Crippen molar-refractivity contribution in [2.24, 2.45) is 17.3 Å². The number of carbonyl (C=O) groups is 1. The van der Waals surface area contributed by atoms with Crippen molar-refractivity contribution in [3.8, 4) is 5.75 Å². The SMILES string of the molecule is COc1ccccc1CCNC(=O)C1C(C)CCCC1(C)C. The maximum absolute atomic E-state index is 12.6. The van der Waals surface area contributed by atoms with Crippen molar-refractivity contribution in [2.45, 2.75) is 46.5 Å². The number of benzene rings is 1. The molecule has 2 rings (SSSR count). The smallest absolute Gasteiger partial charge is 0.223 e. The molecular weight excluding hydrogens is 274 g/mol. The predicted molar refractivity (Wildman–Crippen MR) is 90.0 cm³/mol. The van der Waals surface area contributed by atoms with E-state index in [9.17, 15) is 4.79 Å². The summed E-state index contributed by atoms with van der Waals surface area (Å²) in [5.74, 6) is 1.70. The van der Waals surface area contributed by atoms with Gasteiger partial charge < -0.3 is 10.1 Å². The number of ether oxygens (including phenoxy) is 1. The minimum absolute atomic E-state index is 0.103. The Balaban J connectivity index is 1.92. The van der Waals surface area contributed by atoms with Gasteiger partial charge in [0.2, 0.25) is 5.91 Å². The second-order valence-corrected chi connectivity index (χ2v) is 7.19. The highest BCUT2D eigenvalue weighted by Crippen LogP contribution is 2.43. The van der Waals surface area contributed by atoms with Crippen molar-refractivity contribution in [3.63, 3.8) is 0 Å². The van der Waals surface area contributed by atoms with Gasteiger partial charge in [0.25, 0.3) is 0 Å². The number of amides is 1. The molecule has 1 aromatic rings. The second kappa shape index (κ2) is 7.17. The van der Waals surface area contributed by atoms with Crippen molar-refractivity contribution in [1.29, 1.82) is 0 Å². The molecule has 0 aliphatic heterocycles. The van der Waals surface area contributed by atoms with Gasteiger partial charge in [-0.2, -0.15) is 0 Å². The molecule has 22 heavy (non-hydrogen) atoms. The van der Waals surface area contributed by atoms with Gasteiger partial charge in [-0.05, 0) is 42.2 Å².